The van der Waals surface area contributed by atoms with Crippen LogP contribution in [0.25, 0.3) is 0 Å². The van der Waals surface area contributed by atoms with Gasteiger partial charge in [-0.2, -0.15) is 5.26 Å². The van der Waals surface area contributed by atoms with E-state index in [0.717, 1.165) is 5.56 Å². The van der Waals surface area contributed by atoms with Gasteiger partial charge in [-0.05, 0) is 30.5 Å². The number of carbonyl (C=O) groups is 1. The highest BCUT2D eigenvalue weighted by Gasteiger charge is 2.40. The van der Waals surface area contributed by atoms with Crippen molar-refractivity contribution in [3.05, 3.63) is 29.8 Å². The molecular weight excluding hydrogens is 244 g/mol. The molecule has 0 atom stereocenters. The Balaban J connectivity index is 2.08. The molecule has 1 amide bonds. The van der Waals surface area contributed by atoms with E-state index >= 15 is 0 Å². The summed E-state index contributed by atoms with van der Waals surface area (Å²) in [5.74, 6) is -0.282. The Kier molecular flexibility index (Phi) is 4.15. The summed E-state index contributed by atoms with van der Waals surface area (Å²) >= 11 is 0. The fourth-order valence-electron chi connectivity index (χ4n) is 2.05. The molecular formula is C14H16N2O3. The Morgan fingerprint density at radius 2 is 2.00 bits per heavy atom. The third kappa shape index (κ3) is 2.92. The van der Waals surface area contributed by atoms with E-state index in [0.29, 0.717) is 31.7 Å². The topological polar surface area (TPSA) is 82.4 Å². The lowest BCUT2D eigenvalue weighted by molar-refractivity contribution is -0.126. The normalized spacial score (nSPS) is 17.5. The lowest BCUT2D eigenvalue weighted by Gasteiger charge is -2.29. The molecule has 1 heterocycles. The van der Waals surface area contributed by atoms with Crippen LogP contribution in [-0.2, 0) is 16.1 Å². The lowest BCUT2D eigenvalue weighted by Crippen LogP contribution is -2.39. The fourth-order valence-corrected chi connectivity index (χ4v) is 2.05. The quantitative estimate of drug-likeness (QED) is 0.861. The number of benzene rings is 1. The molecule has 0 spiro atoms. The zero-order valence-electron chi connectivity index (χ0n) is 10.6. The van der Waals surface area contributed by atoms with E-state index in [-0.39, 0.29) is 12.5 Å². The summed E-state index contributed by atoms with van der Waals surface area (Å²) in [4.78, 5) is 12.2. The molecule has 1 fully saturated rings. The van der Waals surface area contributed by atoms with E-state index in [1.807, 2.05) is 0 Å². The SMILES string of the molecule is N#CC1(C(=O)Nc2ccc(CO)cc2)CCOCC1. The van der Waals surface area contributed by atoms with Crippen molar-refractivity contribution in [1.82, 2.24) is 0 Å². The van der Waals surface area contributed by atoms with E-state index in [2.05, 4.69) is 11.4 Å². The Bertz CT molecular complexity index is 484. The maximum Gasteiger partial charge on any atom is 0.245 e. The highest BCUT2D eigenvalue weighted by molar-refractivity contribution is 5.97. The van der Waals surface area contributed by atoms with Crippen LogP contribution >= 0.6 is 0 Å². The van der Waals surface area contributed by atoms with Crippen molar-refractivity contribution < 1.29 is 14.6 Å². The summed E-state index contributed by atoms with van der Waals surface area (Å²) in [6, 6.07) is 9.03. The Morgan fingerprint density at radius 1 is 1.37 bits per heavy atom. The number of nitrogens with zero attached hydrogens (tertiary/aromatic N) is 1. The lowest BCUT2D eigenvalue weighted by atomic mass is 9.81. The molecule has 0 aliphatic carbocycles. The summed E-state index contributed by atoms with van der Waals surface area (Å²) in [5, 5.41) is 21.0. The minimum atomic E-state index is -0.992. The number of aliphatic hydroxyl groups excluding tert-OH is 1. The zero-order chi connectivity index (χ0) is 13.7. The molecule has 0 radical (unpaired) electrons. The van der Waals surface area contributed by atoms with Crippen LogP contribution in [-0.4, -0.2) is 24.2 Å². The van der Waals surface area contributed by atoms with Gasteiger partial charge in [0, 0.05) is 18.9 Å². The van der Waals surface area contributed by atoms with E-state index in [1.165, 1.54) is 0 Å². The predicted octanol–water partition coefficient (Wildman–Crippen LogP) is 1.44. The zero-order valence-corrected chi connectivity index (χ0v) is 10.6. The first kappa shape index (κ1) is 13.5. The van der Waals surface area contributed by atoms with E-state index in [1.54, 1.807) is 24.3 Å². The van der Waals surface area contributed by atoms with Gasteiger partial charge in [0.1, 0.15) is 5.41 Å². The average molecular weight is 260 g/mol. The summed E-state index contributed by atoms with van der Waals surface area (Å²) in [6.07, 6.45) is 0.841. The molecule has 1 saturated heterocycles. The minimum absolute atomic E-state index is 0.0340. The van der Waals surface area contributed by atoms with Gasteiger partial charge in [-0.1, -0.05) is 12.1 Å². The van der Waals surface area contributed by atoms with Crippen LogP contribution in [0.15, 0.2) is 24.3 Å². The molecule has 2 N–H and O–H groups in total. The van der Waals surface area contributed by atoms with Gasteiger partial charge in [0.05, 0.1) is 12.7 Å². The Labute approximate surface area is 111 Å². The molecule has 2 rings (SSSR count). The molecule has 0 unspecified atom stereocenters. The van der Waals surface area contributed by atoms with E-state index in [4.69, 9.17) is 9.84 Å². The highest BCUT2D eigenvalue weighted by atomic mass is 16.5. The van der Waals surface area contributed by atoms with Crippen LogP contribution < -0.4 is 5.32 Å². The summed E-state index contributed by atoms with van der Waals surface area (Å²) in [5.41, 5.74) is 0.413. The van der Waals surface area contributed by atoms with Gasteiger partial charge in [-0.3, -0.25) is 4.79 Å². The largest absolute Gasteiger partial charge is 0.392 e. The van der Waals surface area contributed by atoms with Gasteiger partial charge in [-0.15, -0.1) is 0 Å². The second-order valence-electron chi connectivity index (χ2n) is 4.62. The number of hydrogen-bond donors (Lipinski definition) is 2. The number of amides is 1. The van der Waals surface area contributed by atoms with Gasteiger partial charge >= 0.3 is 0 Å². The maximum atomic E-state index is 12.2. The molecule has 0 aromatic heterocycles. The highest BCUT2D eigenvalue weighted by Crippen LogP contribution is 2.31. The average Bonchev–Trinajstić information content (AvgIpc) is 2.48. The van der Waals surface area contributed by atoms with Crippen molar-refractivity contribution in [3.8, 4) is 6.07 Å². The number of ether oxygens (including phenoxy) is 1. The summed E-state index contributed by atoms with van der Waals surface area (Å²) in [6.45, 7) is 0.836. The molecule has 0 bridgehead atoms. The van der Waals surface area contributed by atoms with Crippen LogP contribution in [0.2, 0.25) is 0 Å². The first-order chi connectivity index (χ1) is 9.20. The van der Waals surface area contributed by atoms with Crippen LogP contribution in [0, 0.1) is 16.7 Å². The molecule has 1 aromatic carbocycles. The second-order valence-corrected chi connectivity index (χ2v) is 4.62. The summed E-state index contributed by atoms with van der Waals surface area (Å²) in [7, 11) is 0. The number of anilines is 1. The molecule has 1 aliphatic heterocycles. The van der Waals surface area contributed by atoms with Crippen molar-refractivity contribution >= 4 is 11.6 Å². The molecule has 5 nitrogen and oxygen atoms in total. The molecule has 100 valence electrons. The van der Waals surface area contributed by atoms with Crippen LogP contribution in [0.4, 0.5) is 5.69 Å². The van der Waals surface area contributed by atoms with Crippen molar-refractivity contribution in [2.24, 2.45) is 5.41 Å². The summed E-state index contributed by atoms with van der Waals surface area (Å²) < 4.78 is 5.20. The van der Waals surface area contributed by atoms with Crippen LogP contribution in [0.3, 0.4) is 0 Å². The van der Waals surface area contributed by atoms with Gasteiger partial charge < -0.3 is 15.2 Å². The monoisotopic (exact) mass is 260 g/mol. The number of nitriles is 1. The number of hydrogen-bond acceptors (Lipinski definition) is 4. The second kappa shape index (κ2) is 5.83. The number of aliphatic hydroxyl groups is 1. The van der Waals surface area contributed by atoms with E-state index in [9.17, 15) is 10.1 Å². The van der Waals surface area contributed by atoms with Gasteiger partial charge in [-0.25, -0.2) is 0 Å². The third-order valence-corrected chi connectivity index (χ3v) is 3.39. The molecule has 0 saturated carbocycles. The van der Waals surface area contributed by atoms with Crippen molar-refractivity contribution in [3.63, 3.8) is 0 Å². The Morgan fingerprint density at radius 3 is 2.53 bits per heavy atom. The van der Waals surface area contributed by atoms with Crippen molar-refractivity contribution in [1.29, 1.82) is 5.26 Å². The van der Waals surface area contributed by atoms with Crippen LogP contribution in [0.1, 0.15) is 18.4 Å². The van der Waals surface area contributed by atoms with Gasteiger partial charge in [0.25, 0.3) is 0 Å². The van der Waals surface area contributed by atoms with Crippen molar-refractivity contribution in [2.45, 2.75) is 19.4 Å². The first-order valence-electron chi connectivity index (χ1n) is 6.20. The number of carbonyl (C=O) groups excluding carboxylic acids is 1. The van der Waals surface area contributed by atoms with Gasteiger partial charge in [0.15, 0.2) is 0 Å². The predicted molar refractivity (Wildman–Crippen MR) is 69.1 cm³/mol. The minimum Gasteiger partial charge on any atom is -0.392 e. The fraction of sp³-hybridized carbons (Fsp3) is 0.429. The number of nitrogens with one attached hydrogen (secondary N) is 1. The first-order valence-corrected chi connectivity index (χ1v) is 6.20. The molecule has 5 heteroatoms. The molecule has 1 aromatic rings. The number of rotatable bonds is 3. The molecule has 19 heavy (non-hydrogen) atoms. The molecule has 1 aliphatic rings. The maximum absolute atomic E-state index is 12.2. The third-order valence-electron chi connectivity index (χ3n) is 3.39. The Hall–Kier alpha value is -1.90. The smallest absolute Gasteiger partial charge is 0.245 e. The van der Waals surface area contributed by atoms with Crippen molar-refractivity contribution in [2.75, 3.05) is 18.5 Å². The standard InChI is InChI=1S/C14H16N2O3/c15-10-14(5-7-19-8-6-14)13(18)16-12-3-1-11(9-17)2-4-12/h1-4,17H,5-9H2,(H,16,18). The van der Waals surface area contributed by atoms with Gasteiger partial charge in [0.2, 0.25) is 5.91 Å². The van der Waals surface area contributed by atoms with Crippen LogP contribution in [0.5, 0.6) is 0 Å². The van der Waals surface area contributed by atoms with E-state index < -0.39 is 5.41 Å².